The van der Waals surface area contributed by atoms with Crippen LogP contribution in [0, 0.1) is 12.4 Å². The van der Waals surface area contributed by atoms with Gasteiger partial charge in [-0.05, 0) is 24.6 Å². The summed E-state index contributed by atoms with van der Waals surface area (Å²) < 4.78 is 58.8. The number of aromatic nitrogens is 1. The van der Waals surface area contributed by atoms with Gasteiger partial charge in [-0.3, -0.25) is 9.78 Å². The van der Waals surface area contributed by atoms with Crippen LogP contribution in [0.25, 0.3) is 4.85 Å². The predicted octanol–water partition coefficient (Wildman–Crippen LogP) is 4.73. The average Bonchev–Trinajstić information content (AvgIpc) is 2.69. The molecule has 0 amide bonds. The largest absolute Gasteiger partial charge is 0.452 e. The van der Waals surface area contributed by atoms with E-state index in [-0.39, 0.29) is 28.9 Å². The number of rotatable bonds is 4. The molecule has 3 rings (SSSR count). The van der Waals surface area contributed by atoms with Crippen LogP contribution in [0.15, 0.2) is 35.5 Å². The first-order valence-electron chi connectivity index (χ1n) is 8.87. The summed E-state index contributed by atoms with van der Waals surface area (Å²) >= 11 is 6.05. The van der Waals surface area contributed by atoms with E-state index in [1.54, 1.807) is 0 Å². The highest BCUT2D eigenvalue weighted by molar-refractivity contribution is 6.31. The van der Waals surface area contributed by atoms with Gasteiger partial charge in [0, 0.05) is 24.6 Å². The van der Waals surface area contributed by atoms with E-state index in [1.165, 1.54) is 31.3 Å². The first-order valence-corrected chi connectivity index (χ1v) is 9.24. The fourth-order valence-electron chi connectivity index (χ4n) is 3.25. The molecule has 1 aromatic carbocycles. The number of alkyl halides is 3. The third-order valence-corrected chi connectivity index (χ3v) is 5.15. The lowest BCUT2D eigenvalue weighted by Gasteiger charge is -2.36. The molecule has 11 heteroatoms. The van der Waals surface area contributed by atoms with Crippen LogP contribution in [-0.2, 0) is 16.7 Å². The van der Waals surface area contributed by atoms with E-state index in [1.807, 2.05) is 0 Å². The van der Waals surface area contributed by atoms with Gasteiger partial charge in [0.25, 0.3) is 6.02 Å². The second kappa shape index (κ2) is 8.15. The minimum Gasteiger partial charge on any atom is -0.452 e. The number of hydrogen-bond acceptors (Lipinski definition) is 5. The maximum atomic E-state index is 14.5. The zero-order valence-electron chi connectivity index (χ0n) is 16.0. The van der Waals surface area contributed by atoms with Crippen LogP contribution in [0.2, 0.25) is 5.02 Å². The second-order valence-corrected chi connectivity index (χ2v) is 7.51. The number of halogens is 5. The fourth-order valence-corrected chi connectivity index (χ4v) is 3.56. The maximum absolute atomic E-state index is 14.5. The van der Waals surface area contributed by atoms with Gasteiger partial charge in [0.2, 0.25) is 5.69 Å². The number of pyridine rings is 1. The molecular weight excluding hydrogens is 440 g/mol. The number of amidine groups is 1. The average molecular weight is 455 g/mol. The Balaban J connectivity index is 1.96. The molecule has 0 unspecified atom stereocenters. The summed E-state index contributed by atoms with van der Waals surface area (Å²) in [6.07, 6.45) is -6.70. The van der Waals surface area contributed by atoms with Crippen molar-refractivity contribution in [3.05, 3.63) is 69.5 Å². The zero-order chi connectivity index (χ0) is 23.0. The van der Waals surface area contributed by atoms with E-state index in [0.29, 0.717) is 0 Å². The predicted molar refractivity (Wildman–Crippen MR) is 104 cm³/mol. The number of ketones is 1. The number of nitrogens with two attached hydrogens (primary N) is 1. The van der Waals surface area contributed by atoms with Crippen molar-refractivity contribution in [3.63, 3.8) is 0 Å². The number of benzene rings is 1. The van der Waals surface area contributed by atoms with Crippen LogP contribution in [0.1, 0.15) is 35.0 Å². The van der Waals surface area contributed by atoms with Gasteiger partial charge in [0.15, 0.2) is 11.9 Å². The molecule has 2 atom stereocenters. The van der Waals surface area contributed by atoms with Crippen molar-refractivity contribution in [1.29, 1.82) is 0 Å². The standard InChI is InChI=1S/C20H15ClF4N4O2/c1-19(8-16(20(23,24)25)31-18(26)29-19)12-5-10(6-13(22)17(12)21)7-15(30)14-4-3-11(27-2)9-28-14/h3-6,9,16H,7-8H2,1H3,(H2,26,29)/t16-,19-/m0/s1. The normalized spacial score (nSPS) is 21.1. The fraction of sp³-hybridized carbons (Fsp3) is 0.300. The minimum absolute atomic E-state index is 0.0474. The number of nitrogens with zero attached hydrogens (tertiary/aromatic N) is 3. The molecule has 0 spiro atoms. The summed E-state index contributed by atoms with van der Waals surface area (Å²) in [5.41, 5.74) is 4.25. The summed E-state index contributed by atoms with van der Waals surface area (Å²) in [5.74, 6) is -1.39. The van der Waals surface area contributed by atoms with Crippen LogP contribution >= 0.6 is 11.6 Å². The number of ether oxygens (including phenoxy) is 1. The minimum atomic E-state index is -4.72. The molecular formula is C20H15ClF4N4O2. The Bertz CT molecular complexity index is 1100. The first kappa shape index (κ1) is 22.5. The van der Waals surface area contributed by atoms with E-state index >= 15 is 0 Å². The molecule has 2 heterocycles. The van der Waals surface area contributed by atoms with Crippen molar-refractivity contribution in [3.8, 4) is 0 Å². The summed E-state index contributed by atoms with van der Waals surface area (Å²) in [6.45, 7) is 8.23. The first-order chi connectivity index (χ1) is 14.4. The van der Waals surface area contributed by atoms with E-state index in [4.69, 9.17) is 23.9 Å². The van der Waals surface area contributed by atoms with Gasteiger partial charge in [0.05, 0.1) is 17.1 Å². The second-order valence-electron chi connectivity index (χ2n) is 7.13. The van der Waals surface area contributed by atoms with Crippen molar-refractivity contribution < 1.29 is 27.1 Å². The Hall–Kier alpha value is -3.19. The number of Topliss-reactive ketones (excluding diaryl/α,β-unsaturated/α-hetero) is 1. The lowest BCUT2D eigenvalue weighted by atomic mass is 9.84. The zero-order valence-corrected chi connectivity index (χ0v) is 16.8. The highest BCUT2D eigenvalue weighted by Crippen LogP contribution is 2.43. The van der Waals surface area contributed by atoms with Gasteiger partial charge in [0.1, 0.15) is 11.5 Å². The molecule has 2 aromatic rings. The summed E-state index contributed by atoms with van der Waals surface area (Å²) in [6, 6.07) is 4.43. The van der Waals surface area contributed by atoms with Crippen LogP contribution in [0.4, 0.5) is 23.2 Å². The molecule has 0 fully saturated rings. The van der Waals surface area contributed by atoms with Gasteiger partial charge >= 0.3 is 6.18 Å². The topological polar surface area (TPSA) is 81.9 Å². The number of hydrogen-bond donors (Lipinski definition) is 1. The Morgan fingerprint density at radius 1 is 1.42 bits per heavy atom. The molecule has 31 heavy (non-hydrogen) atoms. The SMILES string of the molecule is [C-]#[N+]c1ccc(C(=O)Cc2cc(F)c(Cl)c([C@]3(C)C[C@@H](C(F)(F)F)OC(N)=N3)c2)nc1. The third kappa shape index (κ3) is 4.77. The van der Waals surface area contributed by atoms with Gasteiger partial charge < -0.3 is 10.5 Å². The van der Waals surface area contributed by atoms with Gasteiger partial charge in [-0.1, -0.05) is 23.7 Å². The Kier molecular flexibility index (Phi) is 5.91. The van der Waals surface area contributed by atoms with Crippen molar-refractivity contribution in [2.75, 3.05) is 0 Å². The Morgan fingerprint density at radius 3 is 2.71 bits per heavy atom. The lowest BCUT2D eigenvalue weighted by Crippen LogP contribution is -2.46. The molecule has 1 aromatic heterocycles. The highest BCUT2D eigenvalue weighted by atomic mass is 35.5. The molecule has 0 saturated heterocycles. The smallest absolute Gasteiger partial charge is 0.425 e. The highest BCUT2D eigenvalue weighted by Gasteiger charge is 2.50. The summed E-state index contributed by atoms with van der Waals surface area (Å²) in [4.78, 5) is 23.5. The quantitative estimate of drug-likeness (QED) is 0.411. The van der Waals surface area contributed by atoms with Gasteiger partial charge in [-0.2, -0.15) is 13.2 Å². The molecule has 0 bridgehead atoms. The van der Waals surface area contributed by atoms with Gasteiger partial charge in [-0.25, -0.2) is 14.2 Å². The number of carbonyl (C=O) groups excluding carboxylic acids is 1. The van der Waals surface area contributed by atoms with Crippen molar-refractivity contribution in [1.82, 2.24) is 4.98 Å². The molecule has 0 aliphatic carbocycles. The van der Waals surface area contributed by atoms with Crippen LogP contribution in [-0.4, -0.2) is 29.1 Å². The monoisotopic (exact) mass is 454 g/mol. The van der Waals surface area contributed by atoms with E-state index < -0.39 is 46.9 Å². The van der Waals surface area contributed by atoms with E-state index in [0.717, 1.165) is 6.07 Å². The number of aliphatic imine (C=N–C) groups is 1. The molecule has 1 aliphatic rings. The molecule has 0 radical (unpaired) electrons. The van der Waals surface area contributed by atoms with Crippen molar-refractivity contribution in [2.24, 2.45) is 10.7 Å². The van der Waals surface area contributed by atoms with Crippen LogP contribution < -0.4 is 5.73 Å². The van der Waals surface area contributed by atoms with Crippen LogP contribution in [0.3, 0.4) is 0 Å². The summed E-state index contributed by atoms with van der Waals surface area (Å²) in [5, 5.41) is -0.419. The molecule has 2 N–H and O–H groups in total. The van der Waals surface area contributed by atoms with Crippen molar-refractivity contribution in [2.45, 2.75) is 37.6 Å². The Morgan fingerprint density at radius 2 is 2.13 bits per heavy atom. The number of carbonyl (C=O) groups is 1. The maximum Gasteiger partial charge on any atom is 0.425 e. The van der Waals surface area contributed by atoms with E-state index in [9.17, 15) is 22.4 Å². The van der Waals surface area contributed by atoms with Gasteiger partial charge in [-0.15, -0.1) is 0 Å². The summed E-state index contributed by atoms with van der Waals surface area (Å²) in [7, 11) is 0. The van der Waals surface area contributed by atoms with E-state index in [2.05, 4.69) is 19.6 Å². The lowest BCUT2D eigenvalue weighted by molar-refractivity contribution is -0.208. The third-order valence-electron chi connectivity index (χ3n) is 4.76. The molecule has 162 valence electrons. The Labute approximate surface area is 179 Å². The molecule has 6 nitrogen and oxygen atoms in total. The van der Waals surface area contributed by atoms with Crippen molar-refractivity contribution >= 4 is 29.1 Å². The van der Waals surface area contributed by atoms with Crippen LogP contribution in [0.5, 0.6) is 0 Å². The molecule has 1 aliphatic heterocycles. The molecule has 0 saturated carbocycles.